The van der Waals surface area contributed by atoms with Crippen LogP contribution in [-0.2, 0) is 9.59 Å². The highest BCUT2D eigenvalue weighted by atomic mass is 32.2. The predicted molar refractivity (Wildman–Crippen MR) is 59.9 cm³/mol. The molecule has 0 saturated heterocycles. The number of rotatable bonds is 5. The lowest BCUT2D eigenvalue weighted by atomic mass is 10.0. The van der Waals surface area contributed by atoms with Crippen LogP contribution in [0.5, 0.6) is 0 Å². The third-order valence-corrected chi connectivity index (χ3v) is 3.43. The molecule has 16 heavy (non-hydrogen) atoms. The summed E-state index contributed by atoms with van der Waals surface area (Å²) >= 11 is 1.04. The molecular weight excluding hydrogens is 228 g/mol. The number of amides is 1. The van der Waals surface area contributed by atoms with Gasteiger partial charge in [0, 0.05) is 0 Å². The van der Waals surface area contributed by atoms with E-state index in [0.717, 1.165) is 24.6 Å². The van der Waals surface area contributed by atoms with Crippen molar-refractivity contribution in [2.75, 3.05) is 11.5 Å². The van der Waals surface area contributed by atoms with Gasteiger partial charge in [0.15, 0.2) is 0 Å². The van der Waals surface area contributed by atoms with Crippen molar-refractivity contribution in [2.45, 2.75) is 31.2 Å². The Morgan fingerprint density at radius 3 is 2.50 bits per heavy atom. The average Bonchev–Trinajstić information content (AvgIpc) is 2.66. The van der Waals surface area contributed by atoms with Crippen molar-refractivity contribution < 1.29 is 14.7 Å². The van der Waals surface area contributed by atoms with Crippen LogP contribution in [0.4, 0.5) is 0 Å². The Labute approximate surface area is 98.2 Å². The van der Waals surface area contributed by atoms with E-state index in [4.69, 9.17) is 10.4 Å². The predicted octanol–water partition coefficient (Wildman–Crippen LogP) is 0.757. The number of carboxylic acids is 1. The fraction of sp³-hybridized carbons (Fsp3) is 0.700. The van der Waals surface area contributed by atoms with Crippen LogP contribution in [0, 0.1) is 11.3 Å². The van der Waals surface area contributed by atoms with Gasteiger partial charge < -0.3 is 10.4 Å². The topological polar surface area (TPSA) is 90.2 Å². The highest BCUT2D eigenvalue weighted by Gasteiger charge is 2.35. The summed E-state index contributed by atoms with van der Waals surface area (Å²) in [6, 6.07) is 2.15. The van der Waals surface area contributed by atoms with Gasteiger partial charge in [0.2, 0.25) is 5.91 Å². The molecule has 88 valence electrons. The molecule has 0 bridgehead atoms. The van der Waals surface area contributed by atoms with E-state index >= 15 is 0 Å². The minimum Gasteiger partial charge on any atom is -0.481 e. The van der Waals surface area contributed by atoms with Gasteiger partial charge in [-0.15, -0.1) is 11.8 Å². The van der Waals surface area contributed by atoms with E-state index in [1.54, 1.807) is 0 Å². The molecule has 0 unspecified atom stereocenters. The van der Waals surface area contributed by atoms with Crippen molar-refractivity contribution in [2.24, 2.45) is 0 Å². The summed E-state index contributed by atoms with van der Waals surface area (Å²) in [7, 11) is 0. The molecule has 5 nitrogen and oxygen atoms in total. The summed E-state index contributed by atoms with van der Waals surface area (Å²) in [5.41, 5.74) is -0.707. The van der Waals surface area contributed by atoms with Gasteiger partial charge in [-0.25, -0.2) is 0 Å². The lowest BCUT2D eigenvalue weighted by molar-refractivity contribution is -0.133. The lowest BCUT2D eigenvalue weighted by Gasteiger charge is -2.21. The quantitative estimate of drug-likeness (QED) is 0.742. The zero-order valence-electron chi connectivity index (χ0n) is 8.86. The van der Waals surface area contributed by atoms with Crippen LogP contribution in [0.3, 0.4) is 0 Å². The van der Waals surface area contributed by atoms with Crippen molar-refractivity contribution in [3.8, 4) is 6.07 Å². The Morgan fingerprint density at radius 1 is 1.38 bits per heavy atom. The van der Waals surface area contributed by atoms with Crippen LogP contribution in [0.2, 0.25) is 0 Å². The standard InChI is InChI=1S/C10H14N2O3S/c11-7-10(3-1-2-4-10)12-8(13)5-16-6-9(14)15/h1-6H2,(H,12,13)(H,14,15). The Bertz CT molecular complexity index is 319. The summed E-state index contributed by atoms with van der Waals surface area (Å²) in [5, 5.41) is 20.1. The normalized spacial score (nSPS) is 17.7. The summed E-state index contributed by atoms with van der Waals surface area (Å²) in [6.45, 7) is 0. The molecule has 1 amide bonds. The molecule has 1 fully saturated rings. The minimum absolute atomic E-state index is 0.0903. The van der Waals surface area contributed by atoms with E-state index in [-0.39, 0.29) is 17.4 Å². The molecule has 1 saturated carbocycles. The van der Waals surface area contributed by atoms with Crippen LogP contribution >= 0.6 is 11.8 Å². The Balaban J connectivity index is 2.33. The first-order chi connectivity index (χ1) is 7.58. The maximum absolute atomic E-state index is 11.5. The van der Waals surface area contributed by atoms with Crippen molar-refractivity contribution in [3.05, 3.63) is 0 Å². The maximum Gasteiger partial charge on any atom is 0.313 e. The zero-order valence-corrected chi connectivity index (χ0v) is 9.68. The second-order valence-electron chi connectivity index (χ2n) is 3.84. The lowest BCUT2D eigenvalue weighted by Crippen LogP contribution is -2.45. The highest BCUT2D eigenvalue weighted by molar-refractivity contribution is 8.00. The zero-order chi connectivity index (χ0) is 12.0. The van der Waals surface area contributed by atoms with Crippen molar-refractivity contribution in [3.63, 3.8) is 0 Å². The number of hydrogen-bond donors (Lipinski definition) is 2. The van der Waals surface area contributed by atoms with Gasteiger partial charge in [-0.2, -0.15) is 5.26 Å². The van der Waals surface area contributed by atoms with Gasteiger partial charge in [-0.3, -0.25) is 9.59 Å². The molecule has 2 N–H and O–H groups in total. The molecule has 0 radical (unpaired) electrons. The first kappa shape index (κ1) is 12.8. The largest absolute Gasteiger partial charge is 0.481 e. The second kappa shape index (κ2) is 5.75. The van der Waals surface area contributed by atoms with Crippen molar-refractivity contribution in [1.82, 2.24) is 5.32 Å². The number of nitrogens with zero attached hydrogens (tertiary/aromatic N) is 1. The maximum atomic E-state index is 11.5. The summed E-state index contributed by atoms with van der Waals surface area (Å²) in [5.74, 6) is -1.19. The molecule has 1 aliphatic carbocycles. The Morgan fingerprint density at radius 2 is 2.00 bits per heavy atom. The number of nitrogens with one attached hydrogen (secondary N) is 1. The molecular formula is C10H14N2O3S. The number of carbonyl (C=O) groups is 2. The highest BCUT2D eigenvalue weighted by Crippen LogP contribution is 2.28. The van der Waals surface area contributed by atoms with Gasteiger partial charge >= 0.3 is 5.97 Å². The van der Waals surface area contributed by atoms with E-state index in [1.807, 2.05) is 0 Å². The first-order valence-electron chi connectivity index (χ1n) is 5.10. The number of thioether (sulfide) groups is 1. The van der Waals surface area contributed by atoms with E-state index in [9.17, 15) is 9.59 Å². The smallest absolute Gasteiger partial charge is 0.313 e. The van der Waals surface area contributed by atoms with Crippen molar-refractivity contribution in [1.29, 1.82) is 5.26 Å². The summed E-state index contributed by atoms with van der Waals surface area (Å²) < 4.78 is 0. The first-order valence-corrected chi connectivity index (χ1v) is 6.25. The van der Waals surface area contributed by atoms with E-state index in [1.165, 1.54) is 0 Å². The van der Waals surface area contributed by atoms with E-state index in [2.05, 4.69) is 11.4 Å². The monoisotopic (exact) mass is 242 g/mol. The molecule has 0 aromatic heterocycles. The van der Waals surface area contributed by atoms with Gasteiger partial charge in [-0.1, -0.05) is 0 Å². The molecule has 1 aliphatic rings. The SMILES string of the molecule is N#CC1(NC(=O)CSCC(=O)O)CCCC1. The van der Waals surface area contributed by atoms with Crippen LogP contribution in [0.1, 0.15) is 25.7 Å². The molecule has 6 heteroatoms. The minimum atomic E-state index is -0.936. The molecule has 0 aromatic carbocycles. The van der Waals surface area contributed by atoms with Crippen molar-refractivity contribution >= 4 is 23.6 Å². The number of carbonyl (C=O) groups excluding carboxylic acids is 1. The third-order valence-electron chi connectivity index (χ3n) is 2.51. The number of nitriles is 1. The fourth-order valence-corrected chi connectivity index (χ4v) is 2.31. The van der Waals surface area contributed by atoms with Crippen LogP contribution in [0.25, 0.3) is 0 Å². The van der Waals surface area contributed by atoms with Crippen LogP contribution in [0.15, 0.2) is 0 Å². The number of hydrogen-bond acceptors (Lipinski definition) is 4. The Hall–Kier alpha value is -1.22. The number of aliphatic carboxylic acids is 1. The van der Waals surface area contributed by atoms with Gasteiger partial charge in [-0.05, 0) is 25.7 Å². The number of carboxylic acid groups (broad SMARTS) is 1. The fourth-order valence-electron chi connectivity index (χ4n) is 1.78. The second-order valence-corrected chi connectivity index (χ2v) is 4.82. The van der Waals surface area contributed by atoms with Crippen LogP contribution in [-0.4, -0.2) is 34.0 Å². The summed E-state index contributed by atoms with van der Waals surface area (Å²) in [6.07, 6.45) is 3.30. The average molecular weight is 242 g/mol. The van der Waals surface area contributed by atoms with Gasteiger partial charge in [0.1, 0.15) is 5.54 Å². The molecule has 0 aromatic rings. The Kier molecular flexibility index (Phi) is 4.62. The molecule has 0 aliphatic heterocycles. The third kappa shape index (κ3) is 3.74. The van der Waals surface area contributed by atoms with Gasteiger partial charge in [0.05, 0.1) is 17.6 Å². The molecule has 0 atom stereocenters. The van der Waals surface area contributed by atoms with E-state index in [0.29, 0.717) is 12.8 Å². The molecule has 1 rings (SSSR count). The van der Waals surface area contributed by atoms with E-state index < -0.39 is 11.5 Å². The van der Waals surface area contributed by atoms with Gasteiger partial charge in [0.25, 0.3) is 0 Å². The molecule has 0 heterocycles. The summed E-state index contributed by atoms with van der Waals surface area (Å²) in [4.78, 5) is 21.7. The van der Waals surface area contributed by atoms with Crippen LogP contribution < -0.4 is 5.32 Å². The molecule has 0 spiro atoms.